The average Bonchev–Trinajstić information content (AvgIpc) is 3.18. The maximum Gasteiger partial charge on any atom is 0.323 e. The number of hydrogen-bond donors (Lipinski definition) is 1. The quantitative estimate of drug-likeness (QED) is 0.759. The van der Waals surface area contributed by atoms with E-state index < -0.39 is 0 Å². The van der Waals surface area contributed by atoms with E-state index in [0.717, 1.165) is 61.0 Å². The van der Waals surface area contributed by atoms with Crippen molar-refractivity contribution in [2.45, 2.75) is 33.6 Å². The number of carbonyl (C=O) groups excluding carboxylic acids is 1. The molecule has 3 fully saturated rings. The highest BCUT2D eigenvalue weighted by atomic mass is 32.1. The molecule has 1 saturated carbocycles. The molecule has 1 N–H and O–H groups in total. The van der Waals surface area contributed by atoms with Crippen molar-refractivity contribution in [3.8, 4) is 5.75 Å². The first-order chi connectivity index (χ1) is 14.8. The van der Waals surface area contributed by atoms with Gasteiger partial charge < -0.3 is 19.3 Å². The van der Waals surface area contributed by atoms with Crippen molar-refractivity contribution in [1.29, 1.82) is 0 Å². The normalized spacial score (nSPS) is 27.5. The molecule has 168 valence electrons. The summed E-state index contributed by atoms with van der Waals surface area (Å²) in [6, 6.07) is 4.00. The summed E-state index contributed by atoms with van der Waals surface area (Å²) >= 11 is 1.52. The van der Waals surface area contributed by atoms with Gasteiger partial charge in [-0.1, -0.05) is 32.1 Å². The van der Waals surface area contributed by atoms with Crippen molar-refractivity contribution in [1.82, 2.24) is 9.88 Å². The molecular formula is C23H32N4O3S. The van der Waals surface area contributed by atoms with Crippen LogP contribution in [-0.2, 0) is 4.74 Å². The fourth-order valence-corrected chi connectivity index (χ4v) is 6.60. The van der Waals surface area contributed by atoms with E-state index in [1.807, 2.05) is 11.0 Å². The molecule has 2 amide bonds. The maximum atomic E-state index is 13.2. The average molecular weight is 445 g/mol. The monoisotopic (exact) mass is 444 g/mol. The van der Waals surface area contributed by atoms with Crippen molar-refractivity contribution in [2.75, 3.05) is 56.7 Å². The number of fused-ring (bicyclic) bond motifs is 3. The van der Waals surface area contributed by atoms with Gasteiger partial charge in [-0.05, 0) is 41.7 Å². The Labute approximate surface area is 187 Å². The number of urea groups is 1. The number of nitrogens with zero attached hydrogens (tertiary/aromatic N) is 3. The first kappa shape index (κ1) is 20.8. The minimum Gasteiger partial charge on any atom is -0.494 e. The summed E-state index contributed by atoms with van der Waals surface area (Å²) in [6.45, 7) is 11.8. The summed E-state index contributed by atoms with van der Waals surface area (Å²) in [7, 11) is 1.66. The molecule has 1 aromatic carbocycles. The molecule has 1 aromatic heterocycles. The van der Waals surface area contributed by atoms with Gasteiger partial charge in [-0.2, -0.15) is 0 Å². The van der Waals surface area contributed by atoms with E-state index in [0.29, 0.717) is 11.0 Å². The van der Waals surface area contributed by atoms with Crippen molar-refractivity contribution in [2.24, 2.45) is 16.7 Å². The van der Waals surface area contributed by atoms with Crippen LogP contribution >= 0.6 is 11.3 Å². The van der Waals surface area contributed by atoms with Crippen LogP contribution in [0.5, 0.6) is 5.75 Å². The Kier molecular flexibility index (Phi) is 5.05. The zero-order valence-corrected chi connectivity index (χ0v) is 19.7. The van der Waals surface area contributed by atoms with Gasteiger partial charge in [0.25, 0.3) is 0 Å². The topological polar surface area (TPSA) is 66.9 Å². The third kappa shape index (κ3) is 3.35. The minimum atomic E-state index is -0.0421. The van der Waals surface area contributed by atoms with Gasteiger partial charge in [0.1, 0.15) is 11.3 Å². The van der Waals surface area contributed by atoms with Crippen molar-refractivity contribution >= 4 is 38.4 Å². The lowest BCUT2D eigenvalue weighted by Gasteiger charge is -2.50. The number of piperidine rings is 1. The smallest absolute Gasteiger partial charge is 0.323 e. The van der Waals surface area contributed by atoms with E-state index in [9.17, 15) is 4.79 Å². The molecule has 31 heavy (non-hydrogen) atoms. The van der Waals surface area contributed by atoms with Gasteiger partial charge in [0.15, 0.2) is 5.13 Å². The third-order valence-corrected chi connectivity index (χ3v) is 9.15. The summed E-state index contributed by atoms with van der Waals surface area (Å²) in [6.07, 6.45) is 2.39. The molecule has 2 atom stereocenters. The van der Waals surface area contributed by atoms with Gasteiger partial charge in [0, 0.05) is 26.2 Å². The Morgan fingerprint density at radius 3 is 2.77 bits per heavy atom. The molecule has 5 rings (SSSR count). The number of benzene rings is 1. The van der Waals surface area contributed by atoms with Crippen LogP contribution in [0.1, 0.15) is 33.6 Å². The number of ether oxygens (including phenoxy) is 2. The molecule has 1 unspecified atom stereocenters. The molecule has 2 saturated heterocycles. The van der Waals surface area contributed by atoms with E-state index in [2.05, 4.69) is 37.1 Å². The van der Waals surface area contributed by atoms with Gasteiger partial charge in [-0.25, -0.2) is 9.78 Å². The molecule has 3 aliphatic rings. The second kappa shape index (κ2) is 7.52. The Balaban J connectivity index is 1.40. The van der Waals surface area contributed by atoms with Gasteiger partial charge in [-0.3, -0.25) is 5.32 Å². The lowest BCUT2D eigenvalue weighted by Crippen LogP contribution is -2.54. The van der Waals surface area contributed by atoms with Crippen molar-refractivity contribution in [3.05, 3.63) is 12.1 Å². The standard InChI is InChI=1S/C23H32N4O3S/c1-22(2)15-7-8-23(22,3)14-27(13-15)21(28)25-20-24-18-17(29-4)6-5-16(19(18)31-20)26-9-11-30-12-10-26/h5-6,15H,7-14H2,1-4H3,(H,24,25,28)/t15?,23-/m0/s1. The lowest BCUT2D eigenvalue weighted by molar-refractivity contribution is 0.00246. The highest BCUT2D eigenvalue weighted by molar-refractivity contribution is 7.23. The number of morpholine rings is 1. The number of rotatable bonds is 3. The Morgan fingerprint density at radius 2 is 2.06 bits per heavy atom. The van der Waals surface area contributed by atoms with Crippen LogP contribution in [0.2, 0.25) is 0 Å². The van der Waals surface area contributed by atoms with Crippen molar-refractivity contribution < 1.29 is 14.3 Å². The van der Waals surface area contributed by atoms with E-state index in [1.165, 1.54) is 24.2 Å². The number of likely N-dealkylation sites (tertiary alicyclic amines) is 1. The summed E-state index contributed by atoms with van der Waals surface area (Å²) < 4.78 is 12.1. The predicted molar refractivity (Wildman–Crippen MR) is 124 cm³/mol. The summed E-state index contributed by atoms with van der Waals surface area (Å²) in [5.41, 5.74) is 2.38. The van der Waals surface area contributed by atoms with Crippen LogP contribution in [0.4, 0.5) is 15.6 Å². The lowest BCUT2D eigenvalue weighted by atomic mass is 9.63. The molecule has 8 heteroatoms. The van der Waals surface area contributed by atoms with E-state index in [-0.39, 0.29) is 16.9 Å². The van der Waals surface area contributed by atoms with Crippen LogP contribution in [0.3, 0.4) is 0 Å². The predicted octanol–water partition coefficient (Wildman–Crippen LogP) is 4.43. The molecule has 0 radical (unpaired) electrons. The van der Waals surface area contributed by atoms with Crippen LogP contribution < -0.4 is 15.0 Å². The molecule has 2 aromatic rings. The SMILES string of the molecule is COc1ccc(N2CCOCC2)c2sc(NC(=O)N3CC4CC[C@@](C)(C3)C4(C)C)nc12. The second-order valence-corrected chi connectivity index (χ2v) is 10.9. The Hall–Kier alpha value is -2.06. The molecule has 3 heterocycles. The summed E-state index contributed by atoms with van der Waals surface area (Å²) in [5, 5.41) is 3.72. The van der Waals surface area contributed by atoms with Crippen LogP contribution in [0, 0.1) is 16.7 Å². The van der Waals surface area contributed by atoms with Crippen molar-refractivity contribution in [3.63, 3.8) is 0 Å². The van der Waals surface area contributed by atoms with Crippen LogP contribution in [-0.4, -0.2) is 62.4 Å². The second-order valence-electron chi connectivity index (χ2n) is 9.91. The van der Waals surface area contributed by atoms with E-state index >= 15 is 0 Å². The molecule has 1 aliphatic carbocycles. The van der Waals surface area contributed by atoms with E-state index in [4.69, 9.17) is 14.5 Å². The zero-order valence-electron chi connectivity index (χ0n) is 18.9. The number of methoxy groups -OCH3 is 1. The molecule has 2 bridgehead atoms. The number of anilines is 2. The number of thiazole rings is 1. The first-order valence-electron chi connectivity index (χ1n) is 11.2. The van der Waals surface area contributed by atoms with Crippen LogP contribution in [0.25, 0.3) is 10.2 Å². The molecular weight excluding hydrogens is 412 g/mol. The number of aromatic nitrogens is 1. The molecule has 7 nitrogen and oxygen atoms in total. The number of nitrogens with one attached hydrogen (secondary N) is 1. The fourth-order valence-electron chi connectivity index (χ4n) is 5.59. The minimum absolute atomic E-state index is 0.0421. The number of amides is 2. The Bertz CT molecular complexity index is 1000. The largest absolute Gasteiger partial charge is 0.494 e. The third-order valence-electron chi connectivity index (χ3n) is 8.16. The Morgan fingerprint density at radius 1 is 1.29 bits per heavy atom. The van der Waals surface area contributed by atoms with Gasteiger partial charge in [0.2, 0.25) is 0 Å². The highest BCUT2D eigenvalue weighted by Crippen LogP contribution is 2.59. The first-order valence-corrected chi connectivity index (χ1v) is 12.0. The van der Waals surface area contributed by atoms with Gasteiger partial charge in [0.05, 0.1) is 30.7 Å². The zero-order chi connectivity index (χ0) is 21.8. The highest BCUT2D eigenvalue weighted by Gasteiger charge is 2.56. The van der Waals surface area contributed by atoms with Crippen LogP contribution in [0.15, 0.2) is 12.1 Å². The number of hydrogen-bond acceptors (Lipinski definition) is 6. The molecule has 2 aliphatic heterocycles. The molecule has 0 spiro atoms. The summed E-state index contributed by atoms with van der Waals surface area (Å²) in [5.74, 6) is 1.29. The van der Waals surface area contributed by atoms with Gasteiger partial charge >= 0.3 is 6.03 Å². The summed E-state index contributed by atoms with van der Waals surface area (Å²) in [4.78, 5) is 22.2. The van der Waals surface area contributed by atoms with Gasteiger partial charge in [-0.15, -0.1) is 0 Å². The fraction of sp³-hybridized carbons (Fsp3) is 0.652. The number of carbonyl (C=O) groups is 1. The van der Waals surface area contributed by atoms with E-state index in [1.54, 1.807) is 7.11 Å². The maximum absolute atomic E-state index is 13.2.